The molecule has 0 amide bonds. The Hall–Kier alpha value is -9.28. The maximum atomic E-state index is 2.68. The van der Waals surface area contributed by atoms with Crippen LogP contribution in [0.1, 0.15) is 99.9 Å². The van der Waals surface area contributed by atoms with Crippen molar-refractivity contribution < 1.29 is 0 Å². The second-order valence-corrected chi connectivity index (χ2v) is 28.9. The molecule has 16 aromatic rings. The van der Waals surface area contributed by atoms with Gasteiger partial charge in [0.25, 0.3) is 0 Å². The van der Waals surface area contributed by atoms with Gasteiger partial charge in [-0.3, -0.25) is 0 Å². The van der Waals surface area contributed by atoms with Crippen LogP contribution in [0.2, 0.25) is 0 Å². The van der Waals surface area contributed by atoms with Gasteiger partial charge in [-0.1, -0.05) is 152 Å². The topological polar surface area (TPSA) is 13.0 Å². The van der Waals surface area contributed by atoms with Crippen LogP contribution >= 0.6 is 45.3 Å². The summed E-state index contributed by atoms with van der Waals surface area (Å²) in [6.45, 7) is 18.8. The molecule has 0 radical (unpaired) electrons. The molecule has 0 aliphatic rings. The lowest BCUT2D eigenvalue weighted by Gasteiger charge is -2.37. The first-order valence-corrected chi connectivity index (χ1v) is 38.1. The molecule has 8 heteroatoms. The van der Waals surface area contributed by atoms with Crippen LogP contribution in [0.3, 0.4) is 0 Å². The smallest absolute Gasteiger partial charge is 0.0561 e. The van der Waals surface area contributed by atoms with Crippen molar-refractivity contribution in [3.8, 4) is 0 Å². The van der Waals surface area contributed by atoms with Crippen LogP contribution in [0, 0.1) is 0 Å². The first kappa shape index (κ1) is 61.6. The molecule has 4 aromatic heterocycles. The zero-order valence-corrected chi connectivity index (χ0v) is 59.3. The fraction of sp³-hybridized carbons (Fsp3) is 0.182. The summed E-state index contributed by atoms with van der Waals surface area (Å²) in [4.78, 5) is 10.7. The Morgan fingerprint density at radius 2 is 0.458 bits per heavy atom. The zero-order chi connectivity index (χ0) is 65.3. The predicted octanol–water partition coefficient (Wildman–Crippen LogP) is 27.8. The van der Waals surface area contributed by atoms with Gasteiger partial charge in [0.2, 0.25) is 0 Å². The van der Waals surface area contributed by atoms with Gasteiger partial charge in [-0.25, -0.2) is 0 Å². The summed E-state index contributed by atoms with van der Waals surface area (Å²) >= 11 is 7.49. The van der Waals surface area contributed by atoms with Gasteiger partial charge in [-0.15, -0.1) is 45.3 Å². The molecule has 0 saturated heterocycles. The molecule has 0 unspecified atom stereocenters. The molecular formula is C88H78N4S4. The average molecular weight is 1320 g/mol. The number of thiophene rings is 4. The number of rotatable bonds is 20. The summed E-state index contributed by atoms with van der Waals surface area (Å²) in [5.41, 5.74) is 25.1. The molecule has 0 saturated carbocycles. The lowest BCUT2D eigenvalue weighted by atomic mass is 9.88. The van der Waals surface area contributed by atoms with Crippen LogP contribution in [0.4, 0.5) is 68.2 Å². The highest BCUT2D eigenvalue weighted by Gasteiger charge is 2.34. The minimum atomic E-state index is 0.873. The van der Waals surface area contributed by atoms with Gasteiger partial charge >= 0.3 is 0 Å². The first-order chi connectivity index (χ1) is 47.3. The van der Waals surface area contributed by atoms with E-state index in [1.54, 1.807) is 0 Å². The quantitative estimate of drug-likeness (QED) is 0.0705. The highest BCUT2D eigenvalue weighted by Crippen LogP contribution is 2.58. The van der Waals surface area contributed by atoms with Crippen LogP contribution in [0.15, 0.2) is 228 Å². The summed E-state index contributed by atoms with van der Waals surface area (Å²) in [5.74, 6) is 0. The molecular weight excluding hydrogens is 1240 g/mol. The predicted molar refractivity (Wildman–Crippen MR) is 425 cm³/mol. The Labute approximate surface area is 580 Å². The molecule has 0 N–H and O–H groups in total. The zero-order valence-electron chi connectivity index (χ0n) is 56.0. The van der Waals surface area contributed by atoms with E-state index in [0.29, 0.717) is 0 Å². The van der Waals surface area contributed by atoms with Crippen molar-refractivity contribution in [3.63, 3.8) is 0 Å². The van der Waals surface area contributed by atoms with Gasteiger partial charge in [0, 0.05) is 73.9 Å². The number of hydrogen-bond acceptors (Lipinski definition) is 8. The standard InChI is InChI=1S/C88H78N4S4/c1-9-55-49-59-41-45-93-85(59)67(13-5)81(55)89(63-29-21-17-22-30-63)75-53-76(90(64-31-23-18-24-32-64)82-56(10-2)50-60-42-46-94-86(60)68(82)14-6)72-39-40-74-78(92(66-35-27-20-28-36-66)84-58(12-4)52-62-44-48-96-88(62)70(84)16-8)54-77(73-38-37-71(75)79(72)80(73)74)91(65-33-25-19-26-34-65)83-57(11-3)51-61-43-47-95-87(61)69(83)15-7/h17-54H,9-16H2,1-8H3. The summed E-state index contributed by atoms with van der Waals surface area (Å²) < 4.78 is 5.42. The van der Waals surface area contributed by atoms with Gasteiger partial charge in [0.15, 0.2) is 0 Å². The molecule has 96 heavy (non-hydrogen) atoms. The van der Waals surface area contributed by atoms with Crippen molar-refractivity contribution in [3.05, 3.63) is 272 Å². The van der Waals surface area contributed by atoms with E-state index >= 15 is 0 Å². The van der Waals surface area contributed by atoms with E-state index in [1.807, 2.05) is 45.3 Å². The largest absolute Gasteiger partial charge is 0.309 e. The van der Waals surface area contributed by atoms with Crippen molar-refractivity contribution in [2.45, 2.75) is 107 Å². The molecule has 12 aromatic carbocycles. The van der Waals surface area contributed by atoms with Crippen LogP contribution in [-0.2, 0) is 51.4 Å². The summed E-state index contributed by atoms with van der Waals surface area (Å²) in [6, 6.07) is 79.7. The monoisotopic (exact) mass is 1320 g/mol. The van der Waals surface area contributed by atoms with Gasteiger partial charge < -0.3 is 19.6 Å². The summed E-state index contributed by atoms with van der Waals surface area (Å²) in [7, 11) is 0. The van der Waals surface area contributed by atoms with E-state index in [2.05, 4.69) is 303 Å². The Morgan fingerprint density at radius 3 is 0.656 bits per heavy atom. The Bertz CT molecular complexity index is 4870. The van der Waals surface area contributed by atoms with Crippen LogP contribution in [0.25, 0.3) is 72.7 Å². The Balaban J connectivity index is 1.16. The number of anilines is 12. The normalized spacial score (nSPS) is 11.9. The molecule has 4 nitrogen and oxygen atoms in total. The van der Waals surface area contributed by atoms with E-state index in [-0.39, 0.29) is 0 Å². The highest BCUT2D eigenvalue weighted by molar-refractivity contribution is 7.18. The first-order valence-electron chi connectivity index (χ1n) is 34.6. The number of hydrogen-bond donors (Lipinski definition) is 0. The molecule has 0 atom stereocenters. The Morgan fingerprint density at radius 1 is 0.240 bits per heavy atom. The maximum absolute atomic E-state index is 2.68. The number of fused-ring (bicyclic) bond motifs is 4. The third kappa shape index (κ3) is 9.92. The SMILES string of the molecule is CCc1cc2ccsc2c(CC)c1N(c1ccccc1)c1cc(N(c2ccccc2)c2c(CC)cc3ccsc3c2CC)c2ccc3c(N(c4ccccc4)c4c(CC)cc5ccsc5c4CC)cc(N(c4ccccc4)c4c(CC)cc5ccsc5c4CC)c4ccc1c2c43. The molecule has 4 heterocycles. The molecule has 0 aliphatic carbocycles. The van der Waals surface area contributed by atoms with Crippen LogP contribution in [-0.4, -0.2) is 0 Å². The number of aryl methyl sites for hydroxylation is 8. The van der Waals surface area contributed by atoms with Gasteiger partial charge in [0.1, 0.15) is 0 Å². The van der Waals surface area contributed by atoms with E-state index < -0.39 is 0 Å². The lowest BCUT2D eigenvalue weighted by molar-refractivity contribution is 1.07. The molecule has 0 fully saturated rings. The third-order valence-corrected chi connectivity index (χ3v) is 24.2. The molecule has 0 aliphatic heterocycles. The van der Waals surface area contributed by atoms with Gasteiger partial charge in [-0.2, -0.15) is 0 Å². The second kappa shape index (κ2) is 25.7. The fourth-order valence-corrected chi connectivity index (χ4v) is 20.0. The number of nitrogens with zero attached hydrogens (tertiary/aromatic N) is 4. The molecule has 0 bridgehead atoms. The number of benzene rings is 12. The molecule has 0 spiro atoms. The summed E-state index contributed by atoms with van der Waals surface area (Å²) in [6.07, 6.45) is 7.01. The van der Waals surface area contributed by atoms with Crippen LogP contribution in [0.5, 0.6) is 0 Å². The van der Waals surface area contributed by atoms with Gasteiger partial charge in [-0.05, 0) is 248 Å². The lowest BCUT2D eigenvalue weighted by Crippen LogP contribution is -2.19. The molecule has 16 rings (SSSR count). The third-order valence-electron chi connectivity index (χ3n) is 20.2. The van der Waals surface area contributed by atoms with Crippen LogP contribution < -0.4 is 19.6 Å². The summed E-state index contributed by atoms with van der Waals surface area (Å²) in [5, 5.41) is 21.7. The van der Waals surface area contributed by atoms with E-state index in [1.165, 1.54) is 140 Å². The van der Waals surface area contributed by atoms with Crippen molar-refractivity contribution in [2.75, 3.05) is 19.6 Å². The highest BCUT2D eigenvalue weighted by atomic mass is 32.1. The van der Waals surface area contributed by atoms with Crippen molar-refractivity contribution in [1.29, 1.82) is 0 Å². The van der Waals surface area contributed by atoms with Crippen molar-refractivity contribution in [1.82, 2.24) is 0 Å². The van der Waals surface area contributed by atoms with E-state index in [4.69, 9.17) is 0 Å². The Kier molecular flexibility index (Phi) is 16.5. The fourth-order valence-electron chi connectivity index (χ4n) is 16.0. The minimum absolute atomic E-state index is 0.873. The maximum Gasteiger partial charge on any atom is 0.0561 e. The van der Waals surface area contributed by atoms with Crippen molar-refractivity contribution >= 4 is 186 Å². The number of para-hydroxylation sites is 4. The van der Waals surface area contributed by atoms with Gasteiger partial charge in [0.05, 0.1) is 45.5 Å². The average Bonchev–Trinajstić information content (AvgIpc) is 0.763. The van der Waals surface area contributed by atoms with E-state index in [9.17, 15) is 0 Å². The minimum Gasteiger partial charge on any atom is -0.309 e. The van der Waals surface area contributed by atoms with E-state index in [0.717, 1.165) is 96.9 Å². The molecule has 474 valence electrons. The second-order valence-electron chi connectivity index (χ2n) is 25.2. The van der Waals surface area contributed by atoms with Crippen molar-refractivity contribution in [2.24, 2.45) is 0 Å².